The van der Waals surface area contributed by atoms with Crippen molar-refractivity contribution < 1.29 is 0 Å². The van der Waals surface area contributed by atoms with Crippen LogP contribution in [0, 0.1) is 0 Å². The van der Waals surface area contributed by atoms with Crippen molar-refractivity contribution in [1.82, 2.24) is 9.55 Å². The van der Waals surface area contributed by atoms with E-state index in [1.54, 1.807) is 0 Å². The summed E-state index contributed by atoms with van der Waals surface area (Å²) in [6.45, 7) is 4.35. The monoisotopic (exact) mass is 717 g/mol. The highest BCUT2D eigenvalue weighted by molar-refractivity contribution is 8.05. The molecule has 0 amide bonds. The minimum atomic E-state index is 0.492. The van der Waals surface area contributed by atoms with Gasteiger partial charge in [-0.25, -0.2) is 9.98 Å². The summed E-state index contributed by atoms with van der Waals surface area (Å²) in [5.41, 5.74) is 8.60. The number of amidine groups is 2. The lowest BCUT2D eigenvalue weighted by Gasteiger charge is -2.19. The SMILES string of the molecule is C=NC(=NC(=NCc1ccccc1)c1cccc(-n2c3ccccc3c3cc4c(cc32)Sc2cc3c(cc2S4)[nH]c2ccccc23)c1)c1ccccc1. The first kappa shape index (κ1) is 31.6. The van der Waals surface area contributed by atoms with Crippen LogP contribution in [0.2, 0.25) is 0 Å². The number of fused-ring (bicyclic) bond motifs is 8. The number of rotatable bonds is 5. The molecule has 53 heavy (non-hydrogen) atoms. The molecule has 10 rings (SSSR count). The van der Waals surface area contributed by atoms with Crippen molar-refractivity contribution in [2.45, 2.75) is 26.1 Å². The number of aromatic nitrogens is 2. The van der Waals surface area contributed by atoms with Crippen LogP contribution in [0.25, 0.3) is 49.3 Å². The van der Waals surface area contributed by atoms with E-state index < -0.39 is 0 Å². The molecule has 3 heterocycles. The molecular formula is C46H31N5S2. The van der Waals surface area contributed by atoms with E-state index in [4.69, 9.17) is 9.98 Å². The molecule has 1 aliphatic rings. The molecule has 252 valence electrons. The smallest absolute Gasteiger partial charge is 0.161 e. The van der Waals surface area contributed by atoms with Crippen LogP contribution in [0.3, 0.4) is 0 Å². The van der Waals surface area contributed by atoms with Gasteiger partial charge in [-0.1, -0.05) is 133 Å². The van der Waals surface area contributed by atoms with E-state index in [1.807, 2.05) is 72.1 Å². The van der Waals surface area contributed by atoms with E-state index in [9.17, 15) is 0 Å². The lowest BCUT2D eigenvalue weighted by Crippen LogP contribution is -2.06. The number of benzene rings is 7. The second-order valence-electron chi connectivity index (χ2n) is 13.0. The molecule has 7 aromatic carbocycles. The first-order valence-corrected chi connectivity index (χ1v) is 19.1. The summed E-state index contributed by atoms with van der Waals surface area (Å²) in [6.07, 6.45) is 0. The summed E-state index contributed by atoms with van der Waals surface area (Å²) in [6, 6.07) is 55.4. The van der Waals surface area contributed by atoms with E-state index in [0.717, 1.165) is 33.4 Å². The molecular weight excluding hydrogens is 687 g/mol. The molecule has 0 fully saturated rings. The lowest BCUT2D eigenvalue weighted by atomic mass is 10.1. The van der Waals surface area contributed by atoms with Gasteiger partial charge in [0.2, 0.25) is 0 Å². The Labute approximate surface area is 314 Å². The average molecular weight is 718 g/mol. The molecule has 0 unspecified atom stereocenters. The van der Waals surface area contributed by atoms with Gasteiger partial charge in [-0.15, -0.1) is 0 Å². The summed E-state index contributed by atoms with van der Waals surface area (Å²) in [4.78, 5) is 23.1. The number of aliphatic imine (C=N–C) groups is 3. The minimum absolute atomic E-state index is 0.492. The second kappa shape index (κ2) is 13.1. The Hall–Kier alpha value is -6.15. The van der Waals surface area contributed by atoms with Crippen LogP contribution in [0.1, 0.15) is 16.7 Å². The highest BCUT2D eigenvalue weighted by atomic mass is 32.2. The number of hydrogen-bond acceptors (Lipinski definition) is 3. The van der Waals surface area contributed by atoms with E-state index >= 15 is 0 Å². The largest absolute Gasteiger partial charge is 0.354 e. The summed E-state index contributed by atoms with van der Waals surface area (Å²) in [5, 5.41) is 4.97. The highest BCUT2D eigenvalue weighted by Crippen LogP contribution is 2.52. The second-order valence-corrected chi connectivity index (χ2v) is 15.2. The van der Waals surface area contributed by atoms with Crippen LogP contribution < -0.4 is 0 Å². The van der Waals surface area contributed by atoms with Crippen LogP contribution in [0.15, 0.2) is 192 Å². The predicted octanol–water partition coefficient (Wildman–Crippen LogP) is 12.1. The Kier molecular flexibility index (Phi) is 7.81. The fourth-order valence-electron chi connectivity index (χ4n) is 7.27. The molecule has 9 aromatic rings. The third-order valence-electron chi connectivity index (χ3n) is 9.76. The van der Waals surface area contributed by atoms with Gasteiger partial charge in [0.1, 0.15) is 0 Å². The summed E-state index contributed by atoms with van der Waals surface area (Å²) in [7, 11) is 0. The molecule has 7 heteroatoms. The molecule has 0 bridgehead atoms. The normalized spacial score (nSPS) is 13.1. The zero-order chi connectivity index (χ0) is 35.3. The first-order chi connectivity index (χ1) is 26.2. The topological polar surface area (TPSA) is 57.8 Å². The lowest BCUT2D eigenvalue weighted by molar-refractivity contribution is 1.06. The Morgan fingerprint density at radius 1 is 0.528 bits per heavy atom. The fraction of sp³-hybridized carbons (Fsp3) is 0.0217. The molecule has 0 atom stereocenters. The molecule has 0 saturated carbocycles. The van der Waals surface area contributed by atoms with Gasteiger partial charge in [-0.05, 0) is 60.8 Å². The van der Waals surface area contributed by atoms with Crippen molar-refractivity contribution in [3.63, 3.8) is 0 Å². The van der Waals surface area contributed by atoms with Gasteiger partial charge in [0.25, 0.3) is 0 Å². The van der Waals surface area contributed by atoms with Gasteiger partial charge in [-0.3, -0.25) is 4.99 Å². The average Bonchev–Trinajstić information content (AvgIpc) is 3.73. The standard InChI is InChI=1S/C46H31N5S2/c1-47-45(30-15-6-3-7-16-30)50-46(48-28-29-13-4-2-5-14-29)31-17-12-18-32(23-31)51-39-22-11-9-20-34(39)36-25-42-44(27-40(36)51)53-41-24-35-33-19-8-10-21-37(33)49-38(35)26-43(41)52-42/h2-27,49H,1,28H2. The van der Waals surface area contributed by atoms with E-state index in [2.05, 4.69) is 130 Å². The van der Waals surface area contributed by atoms with Gasteiger partial charge in [0, 0.05) is 69.0 Å². The third kappa shape index (κ3) is 5.66. The molecule has 0 saturated heterocycles. The number of H-pyrrole nitrogens is 1. The van der Waals surface area contributed by atoms with E-state index in [0.29, 0.717) is 18.2 Å². The zero-order valence-corrected chi connectivity index (χ0v) is 30.2. The number of para-hydroxylation sites is 2. The Balaban J connectivity index is 1.11. The van der Waals surface area contributed by atoms with Crippen molar-refractivity contribution in [2.75, 3.05) is 0 Å². The summed E-state index contributed by atoms with van der Waals surface area (Å²) in [5.74, 6) is 1.14. The Morgan fingerprint density at radius 3 is 2.00 bits per heavy atom. The molecule has 0 aliphatic carbocycles. The first-order valence-electron chi connectivity index (χ1n) is 17.5. The highest BCUT2D eigenvalue weighted by Gasteiger charge is 2.23. The third-order valence-corrected chi connectivity index (χ3v) is 12.2. The van der Waals surface area contributed by atoms with E-state index in [-0.39, 0.29) is 0 Å². The predicted molar refractivity (Wildman–Crippen MR) is 224 cm³/mol. The van der Waals surface area contributed by atoms with Crippen molar-refractivity contribution in [1.29, 1.82) is 0 Å². The van der Waals surface area contributed by atoms with Gasteiger partial charge >= 0.3 is 0 Å². The van der Waals surface area contributed by atoms with E-state index in [1.165, 1.54) is 52.2 Å². The maximum Gasteiger partial charge on any atom is 0.161 e. The minimum Gasteiger partial charge on any atom is -0.354 e. The van der Waals surface area contributed by atoms with Gasteiger partial charge in [0.15, 0.2) is 11.7 Å². The van der Waals surface area contributed by atoms with Gasteiger partial charge in [-0.2, -0.15) is 0 Å². The maximum atomic E-state index is 5.06. The molecule has 1 N–H and O–H groups in total. The van der Waals surface area contributed by atoms with Gasteiger partial charge in [0.05, 0.1) is 17.6 Å². The number of aromatic amines is 1. The Bertz CT molecular complexity index is 2940. The number of hydrogen-bond donors (Lipinski definition) is 1. The Morgan fingerprint density at radius 2 is 1.19 bits per heavy atom. The van der Waals surface area contributed by atoms with Crippen LogP contribution in [0.5, 0.6) is 0 Å². The fourth-order valence-corrected chi connectivity index (χ4v) is 9.58. The summed E-state index contributed by atoms with van der Waals surface area (Å²) < 4.78 is 2.38. The van der Waals surface area contributed by atoms with Crippen LogP contribution in [-0.4, -0.2) is 27.9 Å². The van der Waals surface area contributed by atoms with Gasteiger partial charge < -0.3 is 9.55 Å². The molecule has 5 nitrogen and oxygen atoms in total. The quantitative estimate of drug-likeness (QED) is 0.142. The maximum absolute atomic E-state index is 5.06. The number of nitrogens with zero attached hydrogens (tertiary/aromatic N) is 4. The van der Waals surface area contributed by atoms with Crippen LogP contribution in [-0.2, 0) is 6.54 Å². The number of nitrogens with one attached hydrogen (secondary N) is 1. The van der Waals surface area contributed by atoms with Crippen molar-refractivity contribution in [3.05, 3.63) is 174 Å². The molecule has 0 radical (unpaired) electrons. The van der Waals surface area contributed by atoms with Crippen molar-refractivity contribution >= 4 is 85.5 Å². The molecule has 0 spiro atoms. The zero-order valence-electron chi connectivity index (χ0n) is 28.5. The van der Waals surface area contributed by atoms with Crippen LogP contribution >= 0.6 is 23.5 Å². The molecule has 1 aliphatic heterocycles. The summed E-state index contributed by atoms with van der Waals surface area (Å²) >= 11 is 3.71. The van der Waals surface area contributed by atoms with Crippen LogP contribution in [0.4, 0.5) is 0 Å². The molecule has 2 aromatic heterocycles. The van der Waals surface area contributed by atoms with Crippen molar-refractivity contribution in [3.8, 4) is 5.69 Å². The van der Waals surface area contributed by atoms with Crippen molar-refractivity contribution in [2.24, 2.45) is 15.0 Å².